The van der Waals surface area contributed by atoms with Crippen LogP contribution in [0.5, 0.6) is 0 Å². The van der Waals surface area contributed by atoms with Crippen molar-refractivity contribution in [1.82, 2.24) is 24.6 Å². The Morgan fingerprint density at radius 2 is 1.97 bits per heavy atom. The fourth-order valence-corrected chi connectivity index (χ4v) is 3.33. The molecule has 2 heterocycles. The second-order valence-corrected chi connectivity index (χ2v) is 7.59. The smallest absolute Gasteiger partial charge is 0.264 e. The highest BCUT2D eigenvalue weighted by Gasteiger charge is 2.11. The molecular weight excluding hydrogens is 453 g/mol. The fourth-order valence-electron chi connectivity index (χ4n) is 3.07. The Balaban J connectivity index is 1.45. The number of benzene rings is 2. The van der Waals surface area contributed by atoms with Crippen molar-refractivity contribution < 1.29 is 9.18 Å². The first-order chi connectivity index (χ1) is 14.5. The molecule has 4 rings (SSSR count). The van der Waals surface area contributed by atoms with Crippen molar-refractivity contribution in [3.63, 3.8) is 0 Å². The Kier molecular flexibility index (Phi) is 5.71. The molecule has 0 saturated carbocycles. The van der Waals surface area contributed by atoms with Crippen LogP contribution in [0.15, 0.2) is 70.3 Å². The van der Waals surface area contributed by atoms with Gasteiger partial charge in [-0.2, -0.15) is 5.10 Å². The molecule has 0 aliphatic rings. The van der Waals surface area contributed by atoms with Gasteiger partial charge >= 0.3 is 0 Å². The first kappa shape index (κ1) is 20.0. The van der Waals surface area contributed by atoms with E-state index in [9.17, 15) is 14.0 Å². The van der Waals surface area contributed by atoms with Crippen molar-refractivity contribution in [2.24, 2.45) is 0 Å². The van der Waals surface area contributed by atoms with Crippen molar-refractivity contribution in [2.75, 3.05) is 6.54 Å². The minimum absolute atomic E-state index is 0.182. The van der Waals surface area contributed by atoms with Crippen LogP contribution in [0.4, 0.5) is 4.39 Å². The normalized spacial score (nSPS) is 11.0. The van der Waals surface area contributed by atoms with Gasteiger partial charge in [0.2, 0.25) is 0 Å². The molecule has 152 valence electrons. The number of fused-ring (bicyclic) bond motifs is 1. The van der Waals surface area contributed by atoms with Crippen LogP contribution in [0.25, 0.3) is 11.0 Å². The molecule has 0 unspecified atom stereocenters. The summed E-state index contributed by atoms with van der Waals surface area (Å²) in [6.07, 6.45) is 2.98. The van der Waals surface area contributed by atoms with Crippen molar-refractivity contribution in [2.45, 2.75) is 13.1 Å². The van der Waals surface area contributed by atoms with Gasteiger partial charge in [0, 0.05) is 16.6 Å². The average Bonchev–Trinajstić information content (AvgIpc) is 3.15. The average molecular weight is 470 g/mol. The maximum atomic E-state index is 13.2. The van der Waals surface area contributed by atoms with Gasteiger partial charge in [0.15, 0.2) is 5.65 Å². The van der Waals surface area contributed by atoms with Gasteiger partial charge in [-0.1, -0.05) is 34.1 Å². The van der Waals surface area contributed by atoms with Gasteiger partial charge in [-0.15, -0.1) is 0 Å². The van der Waals surface area contributed by atoms with E-state index >= 15 is 0 Å². The molecule has 2 aromatic carbocycles. The van der Waals surface area contributed by atoms with Crippen LogP contribution < -0.4 is 10.9 Å². The molecule has 1 N–H and O–H groups in total. The van der Waals surface area contributed by atoms with Crippen molar-refractivity contribution >= 4 is 32.9 Å². The summed E-state index contributed by atoms with van der Waals surface area (Å²) in [6.45, 7) is 0.993. The second-order valence-electron chi connectivity index (χ2n) is 6.68. The van der Waals surface area contributed by atoms with Gasteiger partial charge < -0.3 is 5.32 Å². The van der Waals surface area contributed by atoms with Crippen molar-refractivity contribution in [3.05, 3.63) is 92.8 Å². The van der Waals surface area contributed by atoms with Crippen molar-refractivity contribution in [3.8, 4) is 0 Å². The number of nitrogens with one attached hydrogen (secondary N) is 1. The van der Waals surface area contributed by atoms with Gasteiger partial charge in [-0.25, -0.2) is 14.1 Å². The number of aromatic nitrogens is 4. The third-order valence-corrected chi connectivity index (χ3v) is 5.11. The summed E-state index contributed by atoms with van der Waals surface area (Å²) in [6, 6.07) is 13.2. The Morgan fingerprint density at radius 3 is 2.73 bits per heavy atom. The maximum absolute atomic E-state index is 13.2. The summed E-state index contributed by atoms with van der Waals surface area (Å²) >= 11 is 3.39. The third kappa shape index (κ3) is 4.30. The molecule has 0 radical (unpaired) electrons. The lowest BCUT2D eigenvalue weighted by Gasteiger charge is -2.08. The summed E-state index contributed by atoms with van der Waals surface area (Å²) in [4.78, 5) is 29.2. The zero-order chi connectivity index (χ0) is 21.1. The molecule has 30 heavy (non-hydrogen) atoms. The highest BCUT2D eigenvalue weighted by molar-refractivity contribution is 9.10. The molecule has 1 amide bonds. The minimum Gasteiger partial charge on any atom is -0.350 e. The zero-order valence-corrected chi connectivity index (χ0v) is 17.3. The summed E-state index contributed by atoms with van der Waals surface area (Å²) in [5.41, 5.74) is 1.49. The fraction of sp³-hybridized carbons (Fsp3) is 0.143. The van der Waals surface area contributed by atoms with Gasteiger partial charge in [-0.3, -0.25) is 14.2 Å². The lowest BCUT2D eigenvalue weighted by Crippen LogP contribution is -2.28. The topological polar surface area (TPSA) is 81.8 Å². The third-order valence-electron chi connectivity index (χ3n) is 4.58. The lowest BCUT2D eigenvalue weighted by molar-refractivity contribution is 0.0951. The van der Waals surface area contributed by atoms with Gasteiger partial charge in [0.1, 0.15) is 17.5 Å². The van der Waals surface area contributed by atoms with E-state index in [-0.39, 0.29) is 23.6 Å². The van der Waals surface area contributed by atoms with Gasteiger partial charge in [0.25, 0.3) is 11.5 Å². The van der Waals surface area contributed by atoms with Crippen molar-refractivity contribution in [1.29, 1.82) is 0 Å². The van der Waals surface area contributed by atoms with E-state index in [0.29, 0.717) is 24.1 Å². The van der Waals surface area contributed by atoms with E-state index in [1.807, 2.05) is 24.3 Å². The predicted octanol–water partition coefficient (Wildman–Crippen LogP) is 2.97. The van der Waals surface area contributed by atoms with Gasteiger partial charge in [-0.05, 0) is 35.9 Å². The molecule has 0 spiro atoms. The second kappa shape index (κ2) is 8.58. The molecule has 9 heteroatoms. The molecule has 2 aromatic heterocycles. The number of nitrogens with zero attached hydrogens (tertiary/aromatic N) is 4. The zero-order valence-electron chi connectivity index (χ0n) is 15.8. The van der Waals surface area contributed by atoms with Crippen LogP contribution in [-0.2, 0) is 13.1 Å². The summed E-state index contributed by atoms with van der Waals surface area (Å²) < 4.78 is 17.3. The summed E-state index contributed by atoms with van der Waals surface area (Å²) in [7, 11) is 0. The highest BCUT2D eigenvalue weighted by atomic mass is 79.9. The van der Waals surface area contributed by atoms with E-state index in [2.05, 4.69) is 31.3 Å². The molecule has 0 atom stereocenters. The summed E-state index contributed by atoms with van der Waals surface area (Å²) in [5.74, 6) is -0.847. The lowest BCUT2D eigenvalue weighted by atomic mass is 10.2. The first-order valence-electron chi connectivity index (χ1n) is 9.20. The van der Waals surface area contributed by atoms with Crippen LogP contribution in [0, 0.1) is 5.82 Å². The maximum Gasteiger partial charge on any atom is 0.264 e. The highest BCUT2D eigenvalue weighted by Crippen LogP contribution is 2.12. The number of halogens is 2. The van der Waals surface area contributed by atoms with Crippen LogP contribution in [0.3, 0.4) is 0 Å². The molecule has 0 aliphatic carbocycles. The SMILES string of the molecule is O=C(NCCn1ncc2c(=O)n(Cc3ccc(Br)cc3)cnc21)c1cccc(F)c1. The molecule has 4 aromatic rings. The number of carbonyl (C=O) groups is 1. The predicted molar refractivity (Wildman–Crippen MR) is 114 cm³/mol. The summed E-state index contributed by atoms with van der Waals surface area (Å²) in [5, 5.41) is 7.34. The van der Waals surface area contributed by atoms with Crippen LogP contribution in [-0.4, -0.2) is 31.8 Å². The van der Waals surface area contributed by atoms with E-state index in [1.165, 1.54) is 41.4 Å². The monoisotopic (exact) mass is 469 g/mol. The molecule has 0 aliphatic heterocycles. The Bertz CT molecular complexity index is 1270. The first-order valence-corrected chi connectivity index (χ1v) is 10.00. The van der Waals surface area contributed by atoms with Crippen LogP contribution in [0.1, 0.15) is 15.9 Å². The van der Waals surface area contributed by atoms with Crippen LogP contribution in [0.2, 0.25) is 0 Å². The van der Waals surface area contributed by atoms with Crippen LogP contribution >= 0.6 is 15.9 Å². The largest absolute Gasteiger partial charge is 0.350 e. The molecule has 0 fully saturated rings. The van der Waals surface area contributed by atoms with E-state index in [0.717, 1.165) is 10.0 Å². The molecule has 0 bridgehead atoms. The molecular formula is C21H17BrFN5O2. The number of amides is 1. The Labute approximate surface area is 179 Å². The Hall–Kier alpha value is -3.33. The minimum atomic E-state index is -0.468. The molecule has 7 nitrogen and oxygen atoms in total. The molecule has 0 saturated heterocycles. The van der Waals surface area contributed by atoms with E-state index in [1.54, 1.807) is 4.68 Å². The Morgan fingerprint density at radius 1 is 1.17 bits per heavy atom. The number of hydrogen-bond donors (Lipinski definition) is 1. The number of hydrogen-bond acceptors (Lipinski definition) is 4. The number of carbonyl (C=O) groups excluding carboxylic acids is 1. The number of rotatable bonds is 6. The van der Waals surface area contributed by atoms with E-state index < -0.39 is 5.82 Å². The quantitative estimate of drug-likeness (QED) is 0.470. The standard InChI is InChI=1S/C21H17BrFN5O2/c22-16-6-4-14(5-7-16)12-27-13-25-19-18(21(27)30)11-26-28(19)9-8-24-20(29)15-2-1-3-17(23)10-15/h1-7,10-11,13H,8-9,12H2,(H,24,29). The van der Waals surface area contributed by atoms with E-state index in [4.69, 9.17) is 0 Å². The van der Waals surface area contributed by atoms with Gasteiger partial charge in [0.05, 0.1) is 19.3 Å².